The van der Waals surface area contributed by atoms with E-state index >= 15 is 0 Å². The predicted molar refractivity (Wildman–Crippen MR) is 92.1 cm³/mol. The molecule has 6 nitrogen and oxygen atoms in total. The van der Waals surface area contributed by atoms with Crippen molar-refractivity contribution >= 4 is 5.91 Å². The zero-order chi connectivity index (χ0) is 16.9. The number of aromatic nitrogens is 4. The fourth-order valence-corrected chi connectivity index (χ4v) is 3.15. The van der Waals surface area contributed by atoms with E-state index in [0.29, 0.717) is 24.2 Å². The monoisotopic (exact) mass is 327 g/mol. The van der Waals surface area contributed by atoms with Crippen molar-refractivity contribution in [2.75, 3.05) is 13.1 Å². The lowest BCUT2D eigenvalue weighted by molar-refractivity contribution is -0.133. The van der Waals surface area contributed by atoms with Gasteiger partial charge in [0.25, 0.3) is 0 Å². The number of nitrogens with one attached hydrogen (secondary N) is 1. The number of amides is 1. The average Bonchev–Trinajstić information content (AvgIpc) is 3.04. The molecule has 1 amide bonds. The van der Waals surface area contributed by atoms with Crippen molar-refractivity contribution in [3.8, 4) is 11.4 Å². The summed E-state index contributed by atoms with van der Waals surface area (Å²) >= 11 is 0. The van der Waals surface area contributed by atoms with Crippen LogP contribution in [0.5, 0.6) is 0 Å². The largest absolute Gasteiger partial charge is 0.343 e. The number of hydrogen-bond acceptors (Lipinski definition) is 4. The number of carbonyl (C=O) groups is 1. The second-order valence-electron chi connectivity index (χ2n) is 6.97. The molecule has 1 N–H and O–H groups in total. The number of H-pyrrole nitrogens is 1. The van der Waals surface area contributed by atoms with Gasteiger partial charge in [0.05, 0.1) is 0 Å². The van der Waals surface area contributed by atoms with Crippen LogP contribution in [0.15, 0.2) is 24.5 Å². The van der Waals surface area contributed by atoms with E-state index in [2.05, 4.69) is 34.0 Å². The lowest BCUT2D eigenvalue weighted by Gasteiger charge is -2.32. The van der Waals surface area contributed by atoms with Gasteiger partial charge in [-0.1, -0.05) is 13.8 Å². The molecule has 1 fully saturated rings. The maximum absolute atomic E-state index is 12.1. The van der Waals surface area contributed by atoms with Crippen LogP contribution in [-0.4, -0.2) is 44.1 Å². The number of aromatic amines is 1. The highest BCUT2D eigenvalue weighted by Crippen LogP contribution is 2.22. The van der Waals surface area contributed by atoms with Crippen molar-refractivity contribution in [1.82, 2.24) is 25.1 Å². The van der Waals surface area contributed by atoms with Gasteiger partial charge in [0, 0.05) is 43.9 Å². The summed E-state index contributed by atoms with van der Waals surface area (Å²) in [5, 5.41) is 7.35. The Bertz CT molecular complexity index is 659. The van der Waals surface area contributed by atoms with Crippen molar-refractivity contribution in [2.24, 2.45) is 11.8 Å². The van der Waals surface area contributed by atoms with Crippen LogP contribution in [0.4, 0.5) is 0 Å². The SMILES string of the molecule is CC(C)CC(=O)N1CCC(Cc2nc(-c3ccncc3)n[nH]2)CC1. The van der Waals surface area contributed by atoms with Gasteiger partial charge in [-0.15, -0.1) is 0 Å². The summed E-state index contributed by atoms with van der Waals surface area (Å²) < 4.78 is 0. The van der Waals surface area contributed by atoms with E-state index in [0.717, 1.165) is 49.6 Å². The molecule has 6 heteroatoms. The third kappa shape index (κ3) is 4.19. The van der Waals surface area contributed by atoms with Crippen LogP contribution in [0.1, 0.15) is 38.9 Å². The molecule has 0 aliphatic carbocycles. The quantitative estimate of drug-likeness (QED) is 0.916. The minimum atomic E-state index is 0.295. The molecular formula is C18H25N5O. The standard InChI is InChI=1S/C18H25N5O/c1-13(2)11-17(24)23-9-5-14(6-10-23)12-16-20-18(22-21-16)15-3-7-19-8-4-15/h3-4,7-8,13-14H,5-6,9-12H2,1-2H3,(H,20,21,22). The van der Waals surface area contributed by atoms with Crippen LogP contribution >= 0.6 is 0 Å². The molecule has 0 radical (unpaired) electrons. The molecule has 3 heterocycles. The normalized spacial score (nSPS) is 15.9. The average molecular weight is 327 g/mol. The van der Waals surface area contributed by atoms with E-state index in [1.54, 1.807) is 12.4 Å². The molecule has 1 aliphatic rings. The summed E-state index contributed by atoms with van der Waals surface area (Å²) in [7, 11) is 0. The Balaban J connectivity index is 1.52. The van der Waals surface area contributed by atoms with Gasteiger partial charge in [-0.2, -0.15) is 5.10 Å². The first-order valence-corrected chi connectivity index (χ1v) is 8.71. The van der Waals surface area contributed by atoms with Crippen molar-refractivity contribution in [1.29, 1.82) is 0 Å². The smallest absolute Gasteiger partial charge is 0.222 e. The Labute approximate surface area is 142 Å². The highest BCUT2D eigenvalue weighted by atomic mass is 16.2. The maximum atomic E-state index is 12.1. The molecule has 0 spiro atoms. The molecule has 24 heavy (non-hydrogen) atoms. The molecule has 0 unspecified atom stereocenters. The van der Waals surface area contributed by atoms with Gasteiger partial charge in [-0.25, -0.2) is 4.98 Å². The van der Waals surface area contributed by atoms with Gasteiger partial charge in [0.15, 0.2) is 5.82 Å². The van der Waals surface area contributed by atoms with E-state index in [9.17, 15) is 4.79 Å². The minimum absolute atomic E-state index is 0.295. The Kier molecular flexibility index (Phi) is 5.23. The Morgan fingerprint density at radius 3 is 2.67 bits per heavy atom. The maximum Gasteiger partial charge on any atom is 0.222 e. The van der Waals surface area contributed by atoms with Gasteiger partial charge < -0.3 is 4.90 Å². The molecule has 0 atom stereocenters. The second kappa shape index (κ2) is 7.55. The fraction of sp³-hybridized carbons (Fsp3) is 0.556. The minimum Gasteiger partial charge on any atom is -0.343 e. The molecule has 0 saturated carbocycles. The summed E-state index contributed by atoms with van der Waals surface area (Å²) in [6.07, 6.45) is 7.11. The summed E-state index contributed by atoms with van der Waals surface area (Å²) in [4.78, 5) is 22.7. The summed E-state index contributed by atoms with van der Waals surface area (Å²) in [6, 6.07) is 3.82. The molecule has 2 aromatic rings. The fourth-order valence-electron chi connectivity index (χ4n) is 3.15. The van der Waals surface area contributed by atoms with Crippen molar-refractivity contribution in [2.45, 2.75) is 39.5 Å². The molecule has 0 bridgehead atoms. The third-order valence-electron chi connectivity index (χ3n) is 4.50. The summed E-state index contributed by atoms with van der Waals surface area (Å²) in [5.74, 6) is 2.93. The van der Waals surface area contributed by atoms with Crippen LogP contribution in [0.3, 0.4) is 0 Å². The number of nitrogens with zero attached hydrogens (tertiary/aromatic N) is 4. The van der Waals surface area contributed by atoms with Crippen molar-refractivity contribution < 1.29 is 4.79 Å². The highest BCUT2D eigenvalue weighted by Gasteiger charge is 2.24. The molecule has 1 saturated heterocycles. The second-order valence-corrected chi connectivity index (χ2v) is 6.97. The molecular weight excluding hydrogens is 302 g/mol. The van der Waals surface area contributed by atoms with Crippen LogP contribution in [0, 0.1) is 11.8 Å². The molecule has 2 aromatic heterocycles. The van der Waals surface area contributed by atoms with Gasteiger partial charge in [0.1, 0.15) is 5.82 Å². The Hall–Kier alpha value is -2.24. The highest BCUT2D eigenvalue weighted by molar-refractivity contribution is 5.76. The Morgan fingerprint density at radius 1 is 1.29 bits per heavy atom. The van der Waals surface area contributed by atoms with E-state index in [4.69, 9.17) is 0 Å². The molecule has 3 rings (SSSR count). The molecule has 0 aromatic carbocycles. The van der Waals surface area contributed by atoms with Gasteiger partial charge in [-0.3, -0.25) is 14.9 Å². The zero-order valence-electron chi connectivity index (χ0n) is 14.4. The predicted octanol–water partition coefficient (Wildman–Crippen LogP) is 2.69. The number of likely N-dealkylation sites (tertiary alicyclic amines) is 1. The lowest BCUT2D eigenvalue weighted by atomic mass is 9.93. The molecule has 1 aliphatic heterocycles. The number of pyridine rings is 1. The van der Waals surface area contributed by atoms with E-state index < -0.39 is 0 Å². The first kappa shape index (κ1) is 16.6. The topological polar surface area (TPSA) is 74.8 Å². The third-order valence-corrected chi connectivity index (χ3v) is 4.50. The van der Waals surface area contributed by atoms with Crippen LogP contribution in [-0.2, 0) is 11.2 Å². The van der Waals surface area contributed by atoms with Gasteiger partial charge >= 0.3 is 0 Å². The zero-order valence-corrected chi connectivity index (χ0v) is 14.4. The van der Waals surface area contributed by atoms with Gasteiger partial charge in [0.2, 0.25) is 5.91 Å². The van der Waals surface area contributed by atoms with Crippen molar-refractivity contribution in [3.63, 3.8) is 0 Å². The van der Waals surface area contributed by atoms with Crippen LogP contribution in [0.25, 0.3) is 11.4 Å². The lowest BCUT2D eigenvalue weighted by Crippen LogP contribution is -2.39. The van der Waals surface area contributed by atoms with Crippen molar-refractivity contribution in [3.05, 3.63) is 30.4 Å². The molecule has 128 valence electrons. The van der Waals surface area contributed by atoms with Crippen LogP contribution in [0.2, 0.25) is 0 Å². The summed E-state index contributed by atoms with van der Waals surface area (Å²) in [5.41, 5.74) is 0.974. The Morgan fingerprint density at radius 2 is 2.00 bits per heavy atom. The number of rotatable bonds is 5. The first-order valence-electron chi connectivity index (χ1n) is 8.71. The van der Waals surface area contributed by atoms with Crippen LogP contribution < -0.4 is 0 Å². The number of piperidine rings is 1. The van der Waals surface area contributed by atoms with E-state index in [1.807, 2.05) is 17.0 Å². The number of hydrogen-bond donors (Lipinski definition) is 1. The summed E-state index contributed by atoms with van der Waals surface area (Å²) in [6.45, 7) is 5.91. The van der Waals surface area contributed by atoms with E-state index in [1.165, 1.54) is 0 Å². The van der Waals surface area contributed by atoms with Gasteiger partial charge in [-0.05, 0) is 36.8 Å². The van der Waals surface area contributed by atoms with E-state index in [-0.39, 0.29) is 0 Å². The first-order chi connectivity index (χ1) is 11.6. The number of carbonyl (C=O) groups excluding carboxylic acids is 1.